The summed E-state index contributed by atoms with van der Waals surface area (Å²) in [6, 6.07) is -0.485. The van der Waals surface area contributed by atoms with E-state index < -0.39 is 11.6 Å². The van der Waals surface area contributed by atoms with Crippen LogP contribution in [0.3, 0.4) is 0 Å². The highest BCUT2D eigenvalue weighted by Crippen LogP contribution is 2.19. The van der Waals surface area contributed by atoms with Crippen LogP contribution < -0.4 is 5.32 Å². The van der Waals surface area contributed by atoms with Gasteiger partial charge in [-0.25, -0.2) is 4.79 Å². The first-order valence-electron chi connectivity index (χ1n) is 4.13. The molecule has 0 bridgehead atoms. The predicted octanol–water partition coefficient (Wildman–Crippen LogP) is -0.0942. The molecule has 1 saturated heterocycles. The van der Waals surface area contributed by atoms with E-state index in [0.717, 1.165) is 4.90 Å². The summed E-state index contributed by atoms with van der Waals surface area (Å²) in [5.74, 6) is -0.327. The second-order valence-corrected chi connectivity index (χ2v) is 3.20. The van der Waals surface area contributed by atoms with Crippen molar-refractivity contribution in [3.8, 4) is 0 Å². The highest BCUT2D eigenvalue weighted by Gasteiger charge is 2.45. The van der Waals surface area contributed by atoms with Gasteiger partial charge < -0.3 is 10.1 Å². The molecule has 1 aliphatic heterocycles. The lowest BCUT2D eigenvalue weighted by molar-refractivity contribution is -0.132. The zero-order valence-corrected chi connectivity index (χ0v) is 7.66. The van der Waals surface area contributed by atoms with Gasteiger partial charge in [0, 0.05) is 0 Å². The van der Waals surface area contributed by atoms with Gasteiger partial charge in [-0.2, -0.15) is 0 Å². The molecule has 1 N–H and O–H groups in total. The van der Waals surface area contributed by atoms with Crippen molar-refractivity contribution in [1.29, 1.82) is 0 Å². The molecule has 0 aromatic heterocycles. The molecule has 5 heteroatoms. The fraction of sp³-hybridized carbons (Fsp3) is 0.625. The lowest BCUT2D eigenvalue weighted by atomic mass is 10.00. The summed E-state index contributed by atoms with van der Waals surface area (Å²) in [7, 11) is 0. The Bertz CT molecular complexity index is 264. The van der Waals surface area contributed by atoms with Crippen molar-refractivity contribution in [2.24, 2.45) is 0 Å². The Kier molecular flexibility index (Phi) is 2.36. The lowest BCUT2D eigenvalue weighted by Gasteiger charge is -2.18. The summed E-state index contributed by atoms with van der Waals surface area (Å²) >= 11 is 0. The molecular formula is C8H12N2O3. The minimum Gasteiger partial charge on any atom is -0.323 e. The summed E-state index contributed by atoms with van der Waals surface area (Å²) in [5, 5.41) is 2.54. The maximum Gasteiger partial charge on any atom is 0.325 e. The van der Waals surface area contributed by atoms with Crippen molar-refractivity contribution in [2.75, 3.05) is 6.54 Å². The standard InChI is InChI=1S/C8H12N2O3/c1-3-8(2)6(12)10(4-5-11)7(13)9-8/h5H,3-4H2,1-2H3,(H,9,13). The molecule has 0 aromatic rings. The van der Waals surface area contributed by atoms with E-state index in [1.165, 1.54) is 0 Å². The van der Waals surface area contributed by atoms with Gasteiger partial charge >= 0.3 is 6.03 Å². The van der Waals surface area contributed by atoms with Crippen LogP contribution in [-0.4, -0.2) is 35.2 Å². The van der Waals surface area contributed by atoms with Crippen LogP contribution in [0.2, 0.25) is 0 Å². The predicted molar refractivity (Wildman–Crippen MR) is 45.0 cm³/mol. The number of urea groups is 1. The number of carbonyl (C=O) groups is 3. The van der Waals surface area contributed by atoms with Crippen LogP contribution in [0, 0.1) is 0 Å². The second kappa shape index (κ2) is 3.16. The first-order valence-corrected chi connectivity index (χ1v) is 4.13. The van der Waals surface area contributed by atoms with E-state index in [9.17, 15) is 14.4 Å². The van der Waals surface area contributed by atoms with E-state index in [1.807, 2.05) is 6.92 Å². The number of nitrogens with one attached hydrogen (secondary N) is 1. The van der Waals surface area contributed by atoms with Crippen molar-refractivity contribution in [3.63, 3.8) is 0 Å². The summed E-state index contributed by atoms with van der Waals surface area (Å²) in [5.41, 5.74) is -0.833. The van der Waals surface area contributed by atoms with E-state index in [2.05, 4.69) is 5.32 Å². The van der Waals surface area contributed by atoms with Crippen molar-refractivity contribution >= 4 is 18.2 Å². The lowest BCUT2D eigenvalue weighted by Crippen LogP contribution is -2.43. The quantitative estimate of drug-likeness (QED) is 0.492. The summed E-state index contributed by atoms with van der Waals surface area (Å²) in [6.07, 6.45) is 1.06. The molecule has 0 aliphatic carbocycles. The topological polar surface area (TPSA) is 66.5 Å². The zero-order chi connectivity index (χ0) is 10.1. The third-order valence-electron chi connectivity index (χ3n) is 2.31. The molecule has 1 rings (SSSR count). The number of nitrogens with zero attached hydrogens (tertiary/aromatic N) is 1. The largest absolute Gasteiger partial charge is 0.325 e. The van der Waals surface area contributed by atoms with Crippen LogP contribution in [0.4, 0.5) is 4.79 Å². The average Bonchev–Trinajstić information content (AvgIpc) is 2.31. The maximum absolute atomic E-state index is 11.5. The van der Waals surface area contributed by atoms with E-state index >= 15 is 0 Å². The number of carbonyl (C=O) groups excluding carboxylic acids is 3. The van der Waals surface area contributed by atoms with Gasteiger partial charge in [-0.1, -0.05) is 6.92 Å². The van der Waals surface area contributed by atoms with Gasteiger partial charge in [0.1, 0.15) is 11.8 Å². The Morgan fingerprint density at radius 2 is 2.15 bits per heavy atom. The SMILES string of the molecule is CCC1(C)NC(=O)N(CC=O)C1=O. The van der Waals surface area contributed by atoms with Crippen molar-refractivity contribution < 1.29 is 14.4 Å². The van der Waals surface area contributed by atoms with Gasteiger partial charge in [-0.05, 0) is 13.3 Å². The molecule has 13 heavy (non-hydrogen) atoms. The third-order valence-corrected chi connectivity index (χ3v) is 2.31. The minimum absolute atomic E-state index is 0.166. The maximum atomic E-state index is 11.5. The van der Waals surface area contributed by atoms with Gasteiger partial charge in [0.15, 0.2) is 0 Å². The molecule has 1 atom stereocenters. The number of hydrogen-bond donors (Lipinski definition) is 1. The Balaban J connectivity index is 2.87. The zero-order valence-electron chi connectivity index (χ0n) is 7.66. The smallest absolute Gasteiger partial charge is 0.323 e. The van der Waals surface area contributed by atoms with Gasteiger partial charge in [0.05, 0.1) is 6.54 Å². The molecule has 1 unspecified atom stereocenters. The van der Waals surface area contributed by atoms with Gasteiger partial charge in [-0.3, -0.25) is 9.69 Å². The fourth-order valence-corrected chi connectivity index (χ4v) is 1.23. The molecule has 72 valence electrons. The molecule has 0 saturated carbocycles. The van der Waals surface area contributed by atoms with Crippen molar-refractivity contribution in [3.05, 3.63) is 0 Å². The Morgan fingerprint density at radius 3 is 2.54 bits per heavy atom. The molecule has 1 heterocycles. The molecule has 1 fully saturated rings. The number of amides is 3. The normalized spacial score (nSPS) is 27.7. The van der Waals surface area contributed by atoms with E-state index in [-0.39, 0.29) is 12.5 Å². The van der Waals surface area contributed by atoms with Crippen molar-refractivity contribution in [2.45, 2.75) is 25.8 Å². The molecule has 0 radical (unpaired) electrons. The molecular weight excluding hydrogens is 172 g/mol. The monoisotopic (exact) mass is 184 g/mol. The van der Waals surface area contributed by atoms with Crippen LogP contribution >= 0.6 is 0 Å². The summed E-state index contributed by atoms with van der Waals surface area (Å²) in [6.45, 7) is 3.29. The molecule has 1 aliphatic rings. The third kappa shape index (κ3) is 1.41. The number of hydrogen-bond acceptors (Lipinski definition) is 3. The fourth-order valence-electron chi connectivity index (χ4n) is 1.23. The number of aldehydes is 1. The van der Waals surface area contributed by atoms with Gasteiger partial charge in [0.25, 0.3) is 5.91 Å². The summed E-state index contributed by atoms with van der Waals surface area (Å²) < 4.78 is 0. The van der Waals surface area contributed by atoms with Crippen molar-refractivity contribution in [1.82, 2.24) is 10.2 Å². The Labute approximate surface area is 76.1 Å². The van der Waals surface area contributed by atoms with Crippen LogP contribution in [0.5, 0.6) is 0 Å². The average molecular weight is 184 g/mol. The van der Waals surface area contributed by atoms with E-state index in [0.29, 0.717) is 12.7 Å². The molecule has 0 aromatic carbocycles. The van der Waals surface area contributed by atoms with Crippen LogP contribution in [0.1, 0.15) is 20.3 Å². The minimum atomic E-state index is -0.833. The van der Waals surface area contributed by atoms with Gasteiger partial charge in [0.2, 0.25) is 0 Å². The second-order valence-electron chi connectivity index (χ2n) is 3.20. The first-order chi connectivity index (χ1) is 6.05. The molecule has 3 amide bonds. The van der Waals surface area contributed by atoms with Crippen LogP contribution in [0.15, 0.2) is 0 Å². The Morgan fingerprint density at radius 1 is 1.54 bits per heavy atom. The van der Waals surface area contributed by atoms with Crippen LogP contribution in [0.25, 0.3) is 0 Å². The Hall–Kier alpha value is -1.39. The summed E-state index contributed by atoms with van der Waals surface area (Å²) in [4.78, 5) is 33.8. The van der Waals surface area contributed by atoms with E-state index in [1.54, 1.807) is 6.92 Å². The number of imide groups is 1. The first kappa shape index (κ1) is 9.70. The molecule has 5 nitrogen and oxygen atoms in total. The number of rotatable bonds is 3. The van der Waals surface area contributed by atoms with E-state index in [4.69, 9.17) is 0 Å². The highest BCUT2D eigenvalue weighted by molar-refractivity contribution is 6.07. The van der Waals surface area contributed by atoms with Crippen LogP contribution in [-0.2, 0) is 9.59 Å². The highest BCUT2D eigenvalue weighted by atomic mass is 16.2. The van der Waals surface area contributed by atoms with Gasteiger partial charge in [-0.15, -0.1) is 0 Å². The molecule has 0 spiro atoms.